The van der Waals surface area contributed by atoms with Crippen molar-refractivity contribution in [3.8, 4) is 5.75 Å². The quantitative estimate of drug-likeness (QED) is 0.705. The lowest BCUT2D eigenvalue weighted by atomic mass is 9.89. The van der Waals surface area contributed by atoms with E-state index in [2.05, 4.69) is 31.9 Å². The smallest absolute Gasteiger partial charge is 0.119 e. The molecule has 1 N–H and O–H groups in total. The lowest BCUT2D eigenvalue weighted by molar-refractivity contribution is 0.0575. The monoisotopic (exact) mass is 432 g/mol. The zero-order chi connectivity index (χ0) is 15.6. The summed E-state index contributed by atoms with van der Waals surface area (Å²) in [5.41, 5.74) is 0.576. The topological polar surface area (TPSA) is 29.5 Å². The third-order valence-electron chi connectivity index (χ3n) is 3.30. The molecule has 0 saturated carbocycles. The summed E-state index contributed by atoms with van der Waals surface area (Å²) in [4.78, 5) is 0. The Kier molecular flexibility index (Phi) is 5.36. The predicted octanol–water partition coefficient (Wildman–Crippen LogP) is 5.32. The molecular formula is C16H15Br2ClO2. The van der Waals surface area contributed by atoms with Crippen molar-refractivity contribution in [1.82, 2.24) is 0 Å². The molecule has 0 aliphatic carbocycles. The zero-order valence-electron chi connectivity index (χ0n) is 11.7. The third-order valence-corrected chi connectivity index (χ3v) is 4.88. The van der Waals surface area contributed by atoms with Gasteiger partial charge in [-0.05, 0) is 42.8 Å². The summed E-state index contributed by atoms with van der Waals surface area (Å²) in [6.07, 6.45) is 0.423. The van der Waals surface area contributed by atoms with E-state index in [4.69, 9.17) is 16.3 Å². The maximum absolute atomic E-state index is 10.8. The molecule has 0 spiro atoms. The van der Waals surface area contributed by atoms with Gasteiger partial charge >= 0.3 is 0 Å². The van der Waals surface area contributed by atoms with Gasteiger partial charge in [-0.25, -0.2) is 0 Å². The van der Waals surface area contributed by atoms with Gasteiger partial charge in [-0.15, -0.1) is 0 Å². The van der Waals surface area contributed by atoms with E-state index >= 15 is 0 Å². The Morgan fingerprint density at radius 1 is 1.19 bits per heavy atom. The molecule has 21 heavy (non-hydrogen) atoms. The van der Waals surface area contributed by atoms with Crippen LogP contribution in [0.3, 0.4) is 0 Å². The first-order chi connectivity index (χ1) is 9.83. The van der Waals surface area contributed by atoms with Gasteiger partial charge in [0.2, 0.25) is 0 Å². The molecule has 0 aliphatic rings. The van der Waals surface area contributed by atoms with Crippen molar-refractivity contribution in [2.24, 2.45) is 0 Å². The van der Waals surface area contributed by atoms with Gasteiger partial charge in [0.05, 0.1) is 12.7 Å². The van der Waals surface area contributed by atoms with E-state index in [-0.39, 0.29) is 0 Å². The molecule has 0 saturated heterocycles. The lowest BCUT2D eigenvalue weighted by Gasteiger charge is -2.26. The molecular weight excluding hydrogens is 419 g/mol. The fourth-order valence-corrected chi connectivity index (χ4v) is 3.47. The Morgan fingerprint density at radius 3 is 2.52 bits per heavy atom. The zero-order valence-corrected chi connectivity index (χ0v) is 15.6. The molecule has 0 radical (unpaired) electrons. The molecule has 0 amide bonds. The van der Waals surface area contributed by atoms with Crippen LogP contribution >= 0.6 is 43.5 Å². The Balaban J connectivity index is 2.36. The minimum absolute atomic E-state index is 0.423. The summed E-state index contributed by atoms with van der Waals surface area (Å²) in [7, 11) is 1.62. The van der Waals surface area contributed by atoms with Crippen LogP contribution in [-0.4, -0.2) is 12.2 Å². The van der Waals surface area contributed by atoms with E-state index in [0.29, 0.717) is 17.0 Å². The van der Waals surface area contributed by atoms with E-state index in [1.807, 2.05) is 30.3 Å². The second kappa shape index (κ2) is 6.69. The van der Waals surface area contributed by atoms with E-state index in [1.54, 1.807) is 20.1 Å². The first kappa shape index (κ1) is 16.8. The first-order valence-electron chi connectivity index (χ1n) is 6.34. The van der Waals surface area contributed by atoms with E-state index < -0.39 is 5.60 Å². The van der Waals surface area contributed by atoms with Crippen molar-refractivity contribution in [2.75, 3.05) is 7.11 Å². The summed E-state index contributed by atoms with van der Waals surface area (Å²) in [6, 6.07) is 11.2. The van der Waals surface area contributed by atoms with Crippen LogP contribution in [0.2, 0.25) is 5.02 Å². The maximum Gasteiger partial charge on any atom is 0.119 e. The minimum Gasteiger partial charge on any atom is -0.497 e. The molecule has 2 rings (SSSR count). The average Bonchev–Trinajstić information content (AvgIpc) is 2.40. The van der Waals surface area contributed by atoms with Gasteiger partial charge in [0, 0.05) is 26.0 Å². The van der Waals surface area contributed by atoms with Crippen molar-refractivity contribution in [2.45, 2.75) is 18.9 Å². The number of benzene rings is 2. The molecule has 0 fully saturated rings. The summed E-state index contributed by atoms with van der Waals surface area (Å²) in [5.74, 6) is 0.755. The van der Waals surface area contributed by atoms with Crippen LogP contribution in [0.15, 0.2) is 45.3 Å². The second-order valence-electron chi connectivity index (χ2n) is 5.03. The van der Waals surface area contributed by atoms with Gasteiger partial charge in [-0.1, -0.05) is 49.5 Å². The van der Waals surface area contributed by atoms with E-state index in [9.17, 15) is 5.11 Å². The first-order valence-corrected chi connectivity index (χ1v) is 8.30. The van der Waals surface area contributed by atoms with Crippen LogP contribution < -0.4 is 4.74 Å². The average molecular weight is 435 g/mol. The van der Waals surface area contributed by atoms with Gasteiger partial charge < -0.3 is 9.84 Å². The number of ether oxygens (including phenoxy) is 1. The summed E-state index contributed by atoms with van der Waals surface area (Å²) in [6.45, 7) is 1.76. The largest absolute Gasteiger partial charge is 0.497 e. The van der Waals surface area contributed by atoms with Gasteiger partial charge in [-0.3, -0.25) is 0 Å². The number of hydrogen-bond donors (Lipinski definition) is 1. The van der Waals surface area contributed by atoms with Crippen LogP contribution in [-0.2, 0) is 12.0 Å². The Hall–Kier alpha value is -0.550. The standard InChI is InChI=1S/C16H15Br2ClO2/c1-16(20,13-5-3-11(17)8-15(13)19)9-10-7-12(21-2)4-6-14(10)18/h3-8,20H,9H2,1-2H3. The highest BCUT2D eigenvalue weighted by atomic mass is 79.9. The Morgan fingerprint density at radius 2 is 1.90 bits per heavy atom. The molecule has 2 nitrogen and oxygen atoms in total. The maximum atomic E-state index is 10.8. The summed E-state index contributed by atoms with van der Waals surface area (Å²) in [5, 5.41) is 11.4. The molecule has 1 atom stereocenters. The minimum atomic E-state index is -1.08. The summed E-state index contributed by atoms with van der Waals surface area (Å²) < 4.78 is 7.05. The van der Waals surface area contributed by atoms with Crippen LogP contribution in [0.1, 0.15) is 18.1 Å². The fraction of sp³-hybridized carbons (Fsp3) is 0.250. The van der Waals surface area contributed by atoms with Gasteiger partial charge in [0.15, 0.2) is 0 Å². The predicted molar refractivity (Wildman–Crippen MR) is 93.1 cm³/mol. The number of rotatable bonds is 4. The lowest BCUT2D eigenvalue weighted by Crippen LogP contribution is -2.25. The van der Waals surface area contributed by atoms with Crippen LogP contribution in [0, 0.1) is 0 Å². The Labute approximate surface area is 146 Å². The molecule has 5 heteroatoms. The van der Waals surface area contributed by atoms with Crippen LogP contribution in [0.5, 0.6) is 5.75 Å². The van der Waals surface area contributed by atoms with Crippen LogP contribution in [0.4, 0.5) is 0 Å². The molecule has 2 aromatic carbocycles. The highest BCUT2D eigenvalue weighted by Gasteiger charge is 2.27. The Bertz CT molecular complexity index is 657. The summed E-state index contributed by atoms with van der Waals surface area (Å²) >= 11 is 13.1. The van der Waals surface area contributed by atoms with E-state index in [1.165, 1.54) is 0 Å². The highest BCUT2D eigenvalue weighted by Crippen LogP contribution is 2.35. The molecule has 112 valence electrons. The number of halogens is 3. The highest BCUT2D eigenvalue weighted by molar-refractivity contribution is 9.10. The molecule has 2 aromatic rings. The van der Waals surface area contributed by atoms with Crippen molar-refractivity contribution in [1.29, 1.82) is 0 Å². The third kappa shape index (κ3) is 4.01. The molecule has 0 aliphatic heterocycles. The van der Waals surface area contributed by atoms with Gasteiger partial charge in [0.1, 0.15) is 5.75 Å². The fourth-order valence-electron chi connectivity index (χ4n) is 2.21. The number of methoxy groups -OCH3 is 1. The van der Waals surface area contributed by atoms with Crippen molar-refractivity contribution < 1.29 is 9.84 Å². The van der Waals surface area contributed by atoms with Gasteiger partial charge in [-0.2, -0.15) is 0 Å². The SMILES string of the molecule is COc1ccc(Br)c(CC(C)(O)c2ccc(Br)cc2Cl)c1. The van der Waals surface area contributed by atoms with Crippen molar-refractivity contribution in [3.63, 3.8) is 0 Å². The number of aliphatic hydroxyl groups is 1. The number of hydrogen-bond acceptors (Lipinski definition) is 2. The normalized spacial score (nSPS) is 13.8. The van der Waals surface area contributed by atoms with E-state index in [0.717, 1.165) is 20.3 Å². The molecule has 0 bridgehead atoms. The van der Waals surface area contributed by atoms with Gasteiger partial charge in [0.25, 0.3) is 0 Å². The molecule has 1 unspecified atom stereocenters. The van der Waals surface area contributed by atoms with Crippen LogP contribution in [0.25, 0.3) is 0 Å². The molecule has 0 aromatic heterocycles. The molecule has 0 heterocycles. The van der Waals surface area contributed by atoms with Crippen molar-refractivity contribution >= 4 is 43.5 Å². The van der Waals surface area contributed by atoms with Crippen molar-refractivity contribution in [3.05, 3.63) is 61.5 Å². The second-order valence-corrected chi connectivity index (χ2v) is 7.21.